The van der Waals surface area contributed by atoms with E-state index in [4.69, 9.17) is 19.7 Å². The van der Waals surface area contributed by atoms with Crippen molar-refractivity contribution < 1.29 is 4.74 Å². The van der Waals surface area contributed by atoms with Gasteiger partial charge in [0, 0.05) is 25.2 Å². The summed E-state index contributed by atoms with van der Waals surface area (Å²) in [5.74, 6) is 2.23. The van der Waals surface area contributed by atoms with E-state index < -0.39 is 0 Å². The van der Waals surface area contributed by atoms with E-state index in [9.17, 15) is 0 Å². The van der Waals surface area contributed by atoms with Gasteiger partial charge in [0.2, 0.25) is 17.8 Å². The Kier molecular flexibility index (Phi) is 6.04. The molecule has 7 heteroatoms. The molecule has 1 aromatic rings. The van der Waals surface area contributed by atoms with E-state index in [0.717, 1.165) is 44.1 Å². The van der Waals surface area contributed by atoms with E-state index in [1.807, 2.05) is 0 Å². The van der Waals surface area contributed by atoms with Crippen molar-refractivity contribution >= 4 is 17.8 Å². The van der Waals surface area contributed by atoms with Crippen LogP contribution in [0.25, 0.3) is 0 Å². The smallest absolute Gasteiger partial charge is 0.232 e. The van der Waals surface area contributed by atoms with Crippen molar-refractivity contribution in [2.75, 3.05) is 41.8 Å². The van der Waals surface area contributed by atoms with E-state index >= 15 is 0 Å². The monoisotopic (exact) mass is 360 g/mol. The van der Waals surface area contributed by atoms with Gasteiger partial charge < -0.3 is 20.3 Å². The Morgan fingerprint density at radius 3 is 1.69 bits per heavy atom. The predicted molar refractivity (Wildman–Crippen MR) is 104 cm³/mol. The molecule has 4 rings (SSSR count). The van der Waals surface area contributed by atoms with E-state index in [-0.39, 0.29) is 0 Å². The van der Waals surface area contributed by atoms with E-state index in [0.29, 0.717) is 12.1 Å². The first-order valence-corrected chi connectivity index (χ1v) is 10.5. The molecule has 2 N–H and O–H groups in total. The van der Waals surface area contributed by atoms with Gasteiger partial charge in [0.15, 0.2) is 0 Å². The molecular formula is C19H32N6O. The lowest BCUT2D eigenvalue weighted by Gasteiger charge is -2.29. The predicted octanol–water partition coefficient (Wildman–Crippen LogP) is 3.20. The molecule has 1 aliphatic heterocycles. The summed E-state index contributed by atoms with van der Waals surface area (Å²) in [5.41, 5.74) is 0. The third-order valence-electron chi connectivity index (χ3n) is 5.79. The molecule has 3 fully saturated rings. The van der Waals surface area contributed by atoms with Gasteiger partial charge in [-0.25, -0.2) is 0 Å². The summed E-state index contributed by atoms with van der Waals surface area (Å²) < 4.78 is 5.48. The van der Waals surface area contributed by atoms with Gasteiger partial charge >= 0.3 is 0 Å². The zero-order chi connectivity index (χ0) is 17.6. The highest BCUT2D eigenvalue weighted by molar-refractivity contribution is 5.45. The number of ether oxygens (including phenoxy) is 1. The Bertz CT molecular complexity index is 527. The molecule has 0 atom stereocenters. The second kappa shape index (κ2) is 8.84. The van der Waals surface area contributed by atoms with Crippen LogP contribution in [0.1, 0.15) is 64.2 Å². The standard InChI is InChI=1S/C19H32N6O/c1-3-7-15(8-4-1)20-17-22-18(21-16-9-5-2-6-10-16)24-19(23-17)25-11-13-26-14-12-25/h15-16H,1-14H2,(H2,20,21,22,23,24). The first kappa shape index (κ1) is 17.8. The van der Waals surface area contributed by atoms with Crippen molar-refractivity contribution in [3.05, 3.63) is 0 Å². The summed E-state index contributed by atoms with van der Waals surface area (Å²) >= 11 is 0. The molecule has 144 valence electrons. The van der Waals surface area contributed by atoms with Crippen molar-refractivity contribution in [2.24, 2.45) is 0 Å². The van der Waals surface area contributed by atoms with Crippen LogP contribution < -0.4 is 15.5 Å². The lowest BCUT2D eigenvalue weighted by Crippen LogP contribution is -2.38. The van der Waals surface area contributed by atoms with Crippen molar-refractivity contribution in [3.63, 3.8) is 0 Å². The van der Waals surface area contributed by atoms with Gasteiger partial charge in [0.1, 0.15) is 0 Å². The minimum Gasteiger partial charge on any atom is -0.378 e. The molecule has 0 bridgehead atoms. The Balaban J connectivity index is 1.51. The van der Waals surface area contributed by atoms with Crippen molar-refractivity contribution in [1.82, 2.24) is 15.0 Å². The van der Waals surface area contributed by atoms with Crippen molar-refractivity contribution in [1.29, 1.82) is 0 Å². The van der Waals surface area contributed by atoms with Gasteiger partial charge in [-0.2, -0.15) is 15.0 Å². The largest absolute Gasteiger partial charge is 0.378 e. The minimum atomic E-state index is 0.492. The van der Waals surface area contributed by atoms with E-state index in [2.05, 4.69) is 15.5 Å². The Morgan fingerprint density at radius 1 is 0.692 bits per heavy atom. The highest BCUT2D eigenvalue weighted by Gasteiger charge is 2.21. The lowest BCUT2D eigenvalue weighted by molar-refractivity contribution is 0.122. The number of hydrogen-bond donors (Lipinski definition) is 2. The normalized spacial score (nSPS) is 23.0. The van der Waals surface area contributed by atoms with Crippen LogP contribution in [0.5, 0.6) is 0 Å². The van der Waals surface area contributed by atoms with Crippen LogP contribution in [0, 0.1) is 0 Å². The Morgan fingerprint density at radius 2 is 1.19 bits per heavy atom. The number of hydrogen-bond acceptors (Lipinski definition) is 7. The summed E-state index contributed by atoms with van der Waals surface area (Å²) in [4.78, 5) is 16.4. The molecule has 0 spiro atoms. The number of aromatic nitrogens is 3. The summed E-state index contributed by atoms with van der Waals surface area (Å²) in [6.07, 6.45) is 12.7. The molecule has 2 aliphatic carbocycles. The van der Waals surface area contributed by atoms with Crippen LogP contribution in [-0.2, 0) is 4.74 Å². The highest BCUT2D eigenvalue weighted by Crippen LogP contribution is 2.24. The fourth-order valence-electron chi connectivity index (χ4n) is 4.26. The van der Waals surface area contributed by atoms with Gasteiger partial charge in [-0.15, -0.1) is 0 Å². The Labute approximate surface area is 156 Å². The maximum atomic E-state index is 5.48. The van der Waals surface area contributed by atoms with E-state index in [1.165, 1.54) is 64.2 Å². The van der Waals surface area contributed by atoms with Crippen molar-refractivity contribution in [3.8, 4) is 0 Å². The second-order valence-corrected chi connectivity index (χ2v) is 7.84. The second-order valence-electron chi connectivity index (χ2n) is 7.84. The molecule has 2 heterocycles. The molecule has 26 heavy (non-hydrogen) atoms. The molecular weight excluding hydrogens is 328 g/mol. The summed E-state index contributed by atoms with van der Waals surface area (Å²) in [6.45, 7) is 3.16. The van der Waals surface area contributed by atoms with Crippen molar-refractivity contribution in [2.45, 2.75) is 76.3 Å². The quantitative estimate of drug-likeness (QED) is 0.835. The maximum absolute atomic E-state index is 5.48. The first-order chi connectivity index (χ1) is 12.9. The molecule has 1 saturated heterocycles. The average Bonchev–Trinajstić information content (AvgIpc) is 2.70. The van der Waals surface area contributed by atoms with Gasteiger partial charge in [-0.3, -0.25) is 0 Å². The molecule has 3 aliphatic rings. The lowest BCUT2D eigenvalue weighted by atomic mass is 9.96. The molecule has 0 amide bonds. The van der Waals surface area contributed by atoms with Crippen LogP contribution >= 0.6 is 0 Å². The van der Waals surface area contributed by atoms with Crippen LogP contribution in [0.4, 0.5) is 17.8 Å². The minimum absolute atomic E-state index is 0.492. The summed E-state index contributed by atoms with van der Waals surface area (Å²) in [5, 5.41) is 7.16. The molecule has 0 aromatic carbocycles. The van der Waals surface area contributed by atoms with Gasteiger partial charge in [-0.1, -0.05) is 38.5 Å². The van der Waals surface area contributed by atoms with Gasteiger partial charge in [0.05, 0.1) is 13.2 Å². The van der Waals surface area contributed by atoms with Crippen LogP contribution in [0.2, 0.25) is 0 Å². The topological polar surface area (TPSA) is 75.2 Å². The maximum Gasteiger partial charge on any atom is 0.232 e. The zero-order valence-corrected chi connectivity index (χ0v) is 15.8. The fraction of sp³-hybridized carbons (Fsp3) is 0.842. The fourth-order valence-corrected chi connectivity index (χ4v) is 4.26. The SMILES string of the molecule is C1CCC(Nc2nc(NC3CCCCC3)nc(N3CCOCC3)n2)CC1. The third-order valence-corrected chi connectivity index (χ3v) is 5.79. The number of rotatable bonds is 5. The third kappa shape index (κ3) is 4.75. The van der Waals surface area contributed by atoms with Gasteiger partial charge in [-0.05, 0) is 25.7 Å². The first-order valence-electron chi connectivity index (χ1n) is 10.5. The summed E-state index contributed by atoms with van der Waals surface area (Å²) in [7, 11) is 0. The zero-order valence-electron chi connectivity index (χ0n) is 15.8. The number of morpholine rings is 1. The number of anilines is 3. The van der Waals surface area contributed by atoms with Gasteiger partial charge in [0.25, 0.3) is 0 Å². The molecule has 0 unspecified atom stereocenters. The molecule has 0 radical (unpaired) electrons. The van der Waals surface area contributed by atoms with Crippen LogP contribution in [-0.4, -0.2) is 53.3 Å². The Hall–Kier alpha value is -1.63. The summed E-state index contributed by atoms with van der Waals surface area (Å²) in [6, 6.07) is 0.984. The number of nitrogens with zero attached hydrogens (tertiary/aromatic N) is 4. The molecule has 1 aromatic heterocycles. The van der Waals surface area contributed by atoms with Crippen LogP contribution in [0.15, 0.2) is 0 Å². The van der Waals surface area contributed by atoms with E-state index in [1.54, 1.807) is 0 Å². The molecule has 2 saturated carbocycles. The average molecular weight is 361 g/mol. The highest BCUT2D eigenvalue weighted by atomic mass is 16.5. The molecule has 7 nitrogen and oxygen atoms in total. The van der Waals surface area contributed by atoms with Crippen LogP contribution in [0.3, 0.4) is 0 Å². The number of nitrogens with one attached hydrogen (secondary N) is 2.